The fourth-order valence-electron chi connectivity index (χ4n) is 3.48. The molecule has 1 aromatic carbocycles. The third-order valence-electron chi connectivity index (χ3n) is 5.39. The predicted molar refractivity (Wildman–Crippen MR) is 114 cm³/mol. The molecule has 1 saturated carbocycles. The maximum absolute atomic E-state index is 8.70. The highest BCUT2D eigenvalue weighted by molar-refractivity contribution is 6.13. The van der Waals surface area contributed by atoms with E-state index >= 15 is 0 Å². The van der Waals surface area contributed by atoms with Gasteiger partial charge in [-0.1, -0.05) is 6.08 Å². The Kier molecular flexibility index (Phi) is 5.00. The maximum Gasteiger partial charge on any atom is 0.132 e. The lowest BCUT2D eigenvalue weighted by Crippen LogP contribution is -2.46. The predicted octanol–water partition coefficient (Wildman–Crippen LogP) is 3.19. The molecule has 2 fully saturated rings. The standard InChI is InChI=1S/C22H27N5O2/c1-4-15-12-27(11-14(2)28-15)20-10-19(25-13-26-20)21(24)17-9-16(5-6-18(17)23)29-22(3)7-8-22/h4-6,9-10,13-15,24H,1,7-8,11-12,23H2,2-3H3/t14-,15+/m1/s1. The molecule has 3 N–H and O–H groups in total. The largest absolute Gasteiger partial charge is 0.488 e. The molecule has 0 bridgehead atoms. The van der Waals surface area contributed by atoms with Crippen molar-refractivity contribution < 1.29 is 9.47 Å². The number of hydrogen-bond acceptors (Lipinski definition) is 7. The number of nitrogens with one attached hydrogen (secondary N) is 1. The molecule has 2 aliphatic rings. The number of anilines is 2. The summed E-state index contributed by atoms with van der Waals surface area (Å²) in [5.41, 5.74) is 7.97. The van der Waals surface area contributed by atoms with Gasteiger partial charge in [0, 0.05) is 30.4 Å². The Balaban J connectivity index is 1.59. The van der Waals surface area contributed by atoms with Gasteiger partial charge >= 0.3 is 0 Å². The number of aromatic nitrogens is 2. The van der Waals surface area contributed by atoms with Gasteiger partial charge in [0.2, 0.25) is 0 Å². The summed E-state index contributed by atoms with van der Waals surface area (Å²) in [6, 6.07) is 7.29. The lowest BCUT2D eigenvalue weighted by molar-refractivity contribution is 0.0102. The normalized spacial score (nSPS) is 22.8. The SMILES string of the molecule is C=C[C@H]1CN(c2cc(C(=N)c3cc(OC4(C)CC4)ccc3N)ncn2)C[C@@H](C)O1. The van der Waals surface area contributed by atoms with Crippen molar-refractivity contribution in [2.75, 3.05) is 23.7 Å². The van der Waals surface area contributed by atoms with Gasteiger partial charge in [-0.2, -0.15) is 0 Å². The number of ether oxygens (including phenoxy) is 2. The van der Waals surface area contributed by atoms with Gasteiger partial charge in [0.1, 0.15) is 23.5 Å². The van der Waals surface area contributed by atoms with Gasteiger partial charge in [-0.05, 0) is 44.9 Å². The maximum atomic E-state index is 8.70. The molecular formula is C22H27N5O2. The van der Waals surface area contributed by atoms with E-state index in [1.54, 1.807) is 12.1 Å². The van der Waals surface area contributed by atoms with Gasteiger partial charge in [-0.25, -0.2) is 9.97 Å². The minimum absolute atomic E-state index is 0.0510. The molecule has 152 valence electrons. The molecule has 2 aromatic rings. The third kappa shape index (κ3) is 4.24. The summed E-state index contributed by atoms with van der Waals surface area (Å²) < 4.78 is 11.9. The zero-order valence-corrected chi connectivity index (χ0v) is 16.9. The minimum Gasteiger partial charge on any atom is -0.488 e. The molecule has 2 atom stereocenters. The zero-order chi connectivity index (χ0) is 20.6. The van der Waals surface area contributed by atoms with Crippen molar-refractivity contribution >= 4 is 17.2 Å². The van der Waals surface area contributed by atoms with Crippen molar-refractivity contribution in [3.63, 3.8) is 0 Å². The highest BCUT2D eigenvalue weighted by Crippen LogP contribution is 2.40. The Morgan fingerprint density at radius 3 is 2.86 bits per heavy atom. The Labute approximate surface area is 171 Å². The van der Waals surface area contributed by atoms with E-state index in [1.807, 2.05) is 25.1 Å². The number of rotatable bonds is 6. The first-order chi connectivity index (χ1) is 13.9. The van der Waals surface area contributed by atoms with Gasteiger partial charge in [0.05, 0.1) is 23.6 Å². The molecule has 2 heterocycles. The summed E-state index contributed by atoms with van der Waals surface area (Å²) in [5, 5.41) is 8.70. The average molecular weight is 393 g/mol. The summed E-state index contributed by atoms with van der Waals surface area (Å²) in [4.78, 5) is 10.9. The summed E-state index contributed by atoms with van der Waals surface area (Å²) in [6.45, 7) is 9.34. The van der Waals surface area contributed by atoms with E-state index in [4.69, 9.17) is 20.6 Å². The molecular weight excluding hydrogens is 366 g/mol. The monoisotopic (exact) mass is 393 g/mol. The fraction of sp³-hybridized carbons (Fsp3) is 0.409. The number of hydrogen-bond donors (Lipinski definition) is 2. The molecule has 0 amide bonds. The first-order valence-electron chi connectivity index (χ1n) is 9.90. The highest BCUT2D eigenvalue weighted by Gasteiger charge is 2.40. The number of morpholine rings is 1. The first kappa shape index (κ1) is 19.4. The van der Waals surface area contributed by atoms with Crippen molar-refractivity contribution in [1.82, 2.24) is 9.97 Å². The number of nitrogens with zero attached hydrogens (tertiary/aromatic N) is 3. The zero-order valence-electron chi connectivity index (χ0n) is 16.9. The lowest BCUT2D eigenvalue weighted by Gasteiger charge is -2.36. The summed E-state index contributed by atoms with van der Waals surface area (Å²) in [6.07, 6.45) is 5.40. The second-order valence-corrected chi connectivity index (χ2v) is 8.06. The second-order valence-electron chi connectivity index (χ2n) is 8.06. The van der Waals surface area contributed by atoms with Crippen LogP contribution in [0.3, 0.4) is 0 Å². The summed E-state index contributed by atoms with van der Waals surface area (Å²) in [7, 11) is 0. The van der Waals surface area contributed by atoms with Crippen molar-refractivity contribution in [1.29, 1.82) is 5.41 Å². The Hall–Kier alpha value is -2.93. The Morgan fingerprint density at radius 2 is 2.14 bits per heavy atom. The molecule has 0 radical (unpaired) electrons. The van der Waals surface area contributed by atoms with Crippen LogP contribution in [0.25, 0.3) is 0 Å². The molecule has 1 aromatic heterocycles. The molecule has 1 aliphatic carbocycles. The van der Waals surface area contributed by atoms with Crippen LogP contribution in [0.4, 0.5) is 11.5 Å². The number of nitrogens with two attached hydrogens (primary N) is 1. The van der Waals surface area contributed by atoms with Gasteiger partial charge < -0.3 is 20.1 Å². The highest BCUT2D eigenvalue weighted by atomic mass is 16.5. The van der Waals surface area contributed by atoms with Crippen molar-refractivity contribution in [2.45, 2.75) is 44.5 Å². The molecule has 4 rings (SSSR count). The van der Waals surface area contributed by atoms with Gasteiger partial charge in [0.15, 0.2) is 0 Å². The lowest BCUT2D eigenvalue weighted by atomic mass is 10.0. The molecule has 7 nitrogen and oxygen atoms in total. The van der Waals surface area contributed by atoms with Crippen molar-refractivity contribution in [2.24, 2.45) is 0 Å². The average Bonchev–Trinajstić information content (AvgIpc) is 3.45. The van der Waals surface area contributed by atoms with Crippen molar-refractivity contribution in [3.8, 4) is 5.75 Å². The molecule has 1 aliphatic heterocycles. The van der Waals surface area contributed by atoms with Gasteiger partial charge in [0.25, 0.3) is 0 Å². The molecule has 29 heavy (non-hydrogen) atoms. The molecule has 0 spiro atoms. The van der Waals surface area contributed by atoms with Crippen LogP contribution in [0.15, 0.2) is 43.2 Å². The molecule has 7 heteroatoms. The van der Waals surface area contributed by atoms with E-state index in [9.17, 15) is 0 Å². The van der Waals surface area contributed by atoms with E-state index < -0.39 is 0 Å². The fourth-order valence-corrected chi connectivity index (χ4v) is 3.48. The van der Waals surface area contributed by atoms with Gasteiger partial charge in [-0.3, -0.25) is 5.41 Å². The van der Waals surface area contributed by atoms with E-state index in [-0.39, 0.29) is 23.5 Å². The Bertz CT molecular complexity index is 941. The van der Waals surface area contributed by atoms with E-state index in [0.29, 0.717) is 23.5 Å². The summed E-state index contributed by atoms with van der Waals surface area (Å²) >= 11 is 0. The van der Waals surface area contributed by atoms with Crippen LogP contribution in [0, 0.1) is 5.41 Å². The smallest absolute Gasteiger partial charge is 0.132 e. The van der Waals surface area contributed by atoms with Crippen LogP contribution in [0.5, 0.6) is 5.75 Å². The topological polar surface area (TPSA) is 97.4 Å². The van der Waals surface area contributed by atoms with Gasteiger partial charge in [-0.15, -0.1) is 6.58 Å². The van der Waals surface area contributed by atoms with E-state index in [0.717, 1.165) is 31.0 Å². The number of nitrogen functional groups attached to an aromatic ring is 1. The first-order valence-corrected chi connectivity index (χ1v) is 9.90. The number of benzene rings is 1. The van der Waals surface area contributed by atoms with Crippen LogP contribution in [0.2, 0.25) is 0 Å². The van der Waals surface area contributed by atoms with E-state index in [1.165, 1.54) is 6.33 Å². The van der Waals surface area contributed by atoms with Crippen LogP contribution < -0.4 is 15.4 Å². The molecule has 0 unspecified atom stereocenters. The van der Waals surface area contributed by atoms with Crippen molar-refractivity contribution in [3.05, 3.63) is 54.5 Å². The van der Waals surface area contributed by atoms with Crippen LogP contribution in [-0.2, 0) is 4.74 Å². The minimum atomic E-state index is -0.0909. The third-order valence-corrected chi connectivity index (χ3v) is 5.39. The van der Waals surface area contributed by atoms with Crippen LogP contribution in [0.1, 0.15) is 37.9 Å². The molecule has 1 saturated heterocycles. The van der Waals surface area contributed by atoms with Crippen LogP contribution >= 0.6 is 0 Å². The second kappa shape index (κ2) is 7.48. The quantitative estimate of drug-likeness (QED) is 0.444. The Morgan fingerprint density at radius 1 is 1.34 bits per heavy atom. The summed E-state index contributed by atoms with van der Waals surface area (Å²) in [5.74, 6) is 1.49. The van der Waals surface area contributed by atoms with E-state index in [2.05, 4.69) is 28.4 Å². The van der Waals surface area contributed by atoms with Crippen LogP contribution in [-0.4, -0.2) is 46.6 Å².